The second kappa shape index (κ2) is 7.44. The number of benzene rings is 1. The summed E-state index contributed by atoms with van der Waals surface area (Å²) in [5.41, 5.74) is 1.11. The molecule has 1 aromatic carbocycles. The molecule has 0 aliphatic carbocycles. The monoisotopic (exact) mass is 237 g/mol. The van der Waals surface area contributed by atoms with E-state index >= 15 is 0 Å². The molecule has 96 valence electrons. The van der Waals surface area contributed by atoms with Crippen molar-refractivity contribution >= 4 is 0 Å². The topological polar surface area (TPSA) is 12.0 Å². The lowest BCUT2D eigenvalue weighted by Gasteiger charge is -2.17. The van der Waals surface area contributed by atoms with Crippen LogP contribution >= 0.6 is 0 Å². The lowest BCUT2D eigenvalue weighted by atomic mass is 9.92. The molecule has 0 amide bonds. The Bertz CT molecular complexity index is 322. The minimum atomic E-state index is -0.130. The zero-order valence-electron chi connectivity index (χ0n) is 11.2. The molecule has 2 heteroatoms. The number of rotatable bonds is 7. The summed E-state index contributed by atoms with van der Waals surface area (Å²) in [5.74, 6) is 1.21. The van der Waals surface area contributed by atoms with Crippen LogP contribution in [0.3, 0.4) is 0 Å². The summed E-state index contributed by atoms with van der Waals surface area (Å²) in [6, 6.07) is 6.97. The first kappa shape index (κ1) is 14.2. The first-order valence-electron chi connectivity index (χ1n) is 6.51. The molecule has 1 N–H and O–H groups in total. The van der Waals surface area contributed by atoms with Gasteiger partial charge in [0.25, 0.3) is 0 Å². The van der Waals surface area contributed by atoms with Crippen molar-refractivity contribution in [3.63, 3.8) is 0 Å². The van der Waals surface area contributed by atoms with Crippen LogP contribution in [0.4, 0.5) is 4.39 Å². The van der Waals surface area contributed by atoms with Crippen LogP contribution in [0.5, 0.6) is 0 Å². The van der Waals surface area contributed by atoms with Crippen LogP contribution in [0.2, 0.25) is 0 Å². The predicted octanol–water partition coefficient (Wildman–Crippen LogP) is 3.64. The van der Waals surface area contributed by atoms with E-state index in [2.05, 4.69) is 19.2 Å². The smallest absolute Gasteiger partial charge is 0.123 e. The molecule has 0 aliphatic rings. The van der Waals surface area contributed by atoms with Gasteiger partial charge >= 0.3 is 0 Å². The van der Waals surface area contributed by atoms with Gasteiger partial charge in [-0.3, -0.25) is 0 Å². The van der Waals surface area contributed by atoms with Gasteiger partial charge in [-0.15, -0.1) is 0 Å². The third-order valence-electron chi connectivity index (χ3n) is 3.06. The Kier molecular flexibility index (Phi) is 6.20. The largest absolute Gasteiger partial charge is 0.319 e. The summed E-state index contributed by atoms with van der Waals surface area (Å²) in [6.45, 7) is 5.50. The molecule has 0 aliphatic heterocycles. The van der Waals surface area contributed by atoms with Crippen molar-refractivity contribution in [1.82, 2.24) is 5.32 Å². The van der Waals surface area contributed by atoms with Crippen LogP contribution in [0.15, 0.2) is 24.3 Å². The Hall–Kier alpha value is -0.890. The van der Waals surface area contributed by atoms with Crippen LogP contribution in [0.25, 0.3) is 0 Å². The lowest BCUT2D eigenvalue weighted by molar-refractivity contribution is 0.408. The normalized spacial score (nSPS) is 13.0. The van der Waals surface area contributed by atoms with Gasteiger partial charge in [0, 0.05) is 0 Å². The van der Waals surface area contributed by atoms with Gasteiger partial charge in [-0.25, -0.2) is 4.39 Å². The minimum Gasteiger partial charge on any atom is -0.319 e. The van der Waals surface area contributed by atoms with Crippen molar-refractivity contribution in [3.05, 3.63) is 35.6 Å². The van der Waals surface area contributed by atoms with E-state index < -0.39 is 0 Å². The summed E-state index contributed by atoms with van der Waals surface area (Å²) in [4.78, 5) is 0. The number of hydrogen-bond donors (Lipinski definition) is 1. The lowest BCUT2D eigenvalue weighted by Crippen LogP contribution is -2.21. The number of nitrogens with one attached hydrogen (secondary N) is 1. The first-order valence-corrected chi connectivity index (χ1v) is 6.51. The fraction of sp³-hybridized carbons (Fsp3) is 0.600. The second-order valence-electron chi connectivity index (χ2n) is 5.23. The van der Waals surface area contributed by atoms with Gasteiger partial charge in [-0.05, 0) is 56.0 Å². The maximum Gasteiger partial charge on any atom is 0.123 e. The zero-order valence-corrected chi connectivity index (χ0v) is 11.2. The van der Waals surface area contributed by atoms with Crippen molar-refractivity contribution in [1.29, 1.82) is 0 Å². The maximum atomic E-state index is 13.1. The van der Waals surface area contributed by atoms with Crippen LogP contribution in [-0.4, -0.2) is 13.6 Å². The summed E-state index contributed by atoms with van der Waals surface area (Å²) >= 11 is 0. The Morgan fingerprint density at radius 2 is 2.00 bits per heavy atom. The fourth-order valence-corrected chi connectivity index (χ4v) is 2.13. The number of hydrogen-bond acceptors (Lipinski definition) is 1. The molecule has 0 aromatic heterocycles. The van der Waals surface area contributed by atoms with Crippen molar-refractivity contribution in [3.8, 4) is 0 Å². The van der Waals surface area contributed by atoms with Crippen LogP contribution in [-0.2, 0) is 6.42 Å². The van der Waals surface area contributed by atoms with Crippen molar-refractivity contribution in [2.45, 2.75) is 33.1 Å². The average molecular weight is 237 g/mol. The van der Waals surface area contributed by atoms with Crippen LogP contribution < -0.4 is 5.32 Å². The van der Waals surface area contributed by atoms with E-state index in [1.807, 2.05) is 13.1 Å². The van der Waals surface area contributed by atoms with Crippen molar-refractivity contribution < 1.29 is 4.39 Å². The molecule has 0 heterocycles. The zero-order chi connectivity index (χ0) is 12.7. The highest BCUT2D eigenvalue weighted by Crippen LogP contribution is 2.17. The molecule has 1 unspecified atom stereocenters. The van der Waals surface area contributed by atoms with E-state index in [4.69, 9.17) is 0 Å². The van der Waals surface area contributed by atoms with Crippen LogP contribution in [0, 0.1) is 17.7 Å². The van der Waals surface area contributed by atoms with Gasteiger partial charge in [0.05, 0.1) is 0 Å². The Labute approximate surface area is 104 Å². The molecule has 0 spiro atoms. The SMILES string of the molecule is CNCC(CCC(C)C)Cc1cccc(F)c1. The highest BCUT2D eigenvalue weighted by Gasteiger charge is 2.10. The molecule has 1 rings (SSSR count). The predicted molar refractivity (Wildman–Crippen MR) is 71.6 cm³/mol. The summed E-state index contributed by atoms with van der Waals surface area (Å²) in [5, 5.41) is 3.23. The van der Waals surface area contributed by atoms with Gasteiger partial charge < -0.3 is 5.32 Å². The van der Waals surface area contributed by atoms with E-state index in [9.17, 15) is 4.39 Å². The minimum absolute atomic E-state index is 0.130. The van der Waals surface area contributed by atoms with E-state index in [0.29, 0.717) is 5.92 Å². The third kappa shape index (κ3) is 5.83. The molecule has 1 aromatic rings. The molecule has 0 radical (unpaired) electrons. The summed E-state index contributed by atoms with van der Waals surface area (Å²) in [6.07, 6.45) is 3.40. The molecule has 0 saturated carbocycles. The van der Waals surface area contributed by atoms with Gasteiger partial charge in [-0.1, -0.05) is 32.4 Å². The fourth-order valence-electron chi connectivity index (χ4n) is 2.13. The van der Waals surface area contributed by atoms with E-state index in [-0.39, 0.29) is 5.82 Å². The Morgan fingerprint density at radius 1 is 1.24 bits per heavy atom. The highest BCUT2D eigenvalue weighted by molar-refractivity contribution is 5.16. The van der Waals surface area contributed by atoms with Gasteiger partial charge in [0.15, 0.2) is 0 Å². The Morgan fingerprint density at radius 3 is 2.59 bits per heavy atom. The molecule has 1 nitrogen and oxygen atoms in total. The van der Waals surface area contributed by atoms with Gasteiger partial charge in [0.2, 0.25) is 0 Å². The second-order valence-corrected chi connectivity index (χ2v) is 5.23. The van der Waals surface area contributed by atoms with E-state index in [0.717, 1.165) is 24.4 Å². The van der Waals surface area contributed by atoms with E-state index in [1.54, 1.807) is 12.1 Å². The summed E-state index contributed by atoms with van der Waals surface area (Å²) < 4.78 is 13.1. The number of halogens is 1. The third-order valence-corrected chi connectivity index (χ3v) is 3.06. The average Bonchev–Trinajstić information content (AvgIpc) is 2.26. The molecular formula is C15H24FN. The van der Waals surface area contributed by atoms with Gasteiger partial charge in [-0.2, -0.15) is 0 Å². The molecule has 0 fully saturated rings. The van der Waals surface area contributed by atoms with E-state index in [1.165, 1.54) is 18.9 Å². The Balaban J connectivity index is 2.53. The van der Waals surface area contributed by atoms with Crippen LogP contribution in [0.1, 0.15) is 32.3 Å². The maximum absolute atomic E-state index is 13.1. The quantitative estimate of drug-likeness (QED) is 0.763. The standard InChI is InChI=1S/C15H24FN/c1-12(2)7-8-14(11-17-3)9-13-5-4-6-15(16)10-13/h4-6,10,12,14,17H,7-9,11H2,1-3H3. The molecule has 0 bridgehead atoms. The van der Waals surface area contributed by atoms with Crippen molar-refractivity contribution in [2.24, 2.45) is 11.8 Å². The van der Waals surface area contributed by atoms with Gasteiger partial charge in [0.1, 0.15) is 5.82 Å². The summed E-state index contributed by atoms with van der Waals surface area (Å²) in [7, 11) is 1.98. The molecular weight excluding hydrogens is 213 g/mol. The molecule has 0 saturated heterocycles. The first-order chi connectivity index (χ1) is 8.11. The highest BCUT2D eigenvalue weighted by atomic mass is 19.1. The molecule has 17 heavy (non-hydrogen) atoms. The molecule has 1 atom stereocenters. The van der Waals surface area contributed by atoms with Crippen molar-refractivity contribution in [2.75, 3.05) is 13.6 Å².